The van der Waals surface area contributed by atoms with Crippen molar-refractivity contribution in [2.75, 3.05) is 23.4 Å². The minimum Gasteiger partial charge on any atom is -0.477 e. The summed E-state index contributed by atoms with van der Waals surface area (Å²) < 4.78 is 117. The third-order valence-corrected chi connectivity index (χ3v) is 8.29. The zero-order chi connectivity index (χ0) is 38.2. The van der Waals surface area contributed by atoms with E-state index < -0.39 is 88.4 Å². The molecular weight excluding hydrogens is 718 g/mol. The van der Waals surface area contributed by atoms with Crippen molar-refractivity contribution < 1.29 is 54.2 Å². The molecule has 2 heterocycles. The summed E-state index contributed by atoms with van der Waals surface area (Å²) >= 11 is 0. The molecule has 0 saturated carbocycles. The van der Waals surface area contributed by atoms with Crippen LogP contribution in [0.1, 0.15) is 39.9 Å². The van der Waals surface area contributed by atoms with Crippen molar-refractivity contribution in [2.24, 2.45) is 0 Å². The Morgan fingerprint density at radius 2 is 1.53 bits per heavy atom. The Morgan fingerprint density at radius 3 is 2.15 bits per heavy atom. The van der Waals surface area contributed by atoms with Crippen molar-refractivity contribution >= 4 is 29.4 Å². The topological polar surface area (TPSA) is 106 Å². The van der Waals surface area contributed by atoms with Crippen molar-refractivity contribution in [3.05, 3.63) is 136 Å². The molecule has 0 aliphatic carbocycles. The number of anilines is 2. The molecule has 1 aromatic heterocycles. The van der Waals surface area contributed by atoms with Gasteiger partial charge in [-0.15, -0.1) is 5.10 Å². The molecule has 4 aromatic carbocycles. The Bertz CT molecular complexity index is 2180. The first-order valence-electron chi connectivity index (χ1n) is 15.7. The zero-order valence-corrected chi connectivity index (χ0v) is 27.2. The highest BCUT2D eigenvalue weighted by molar-refractivity contribution is 6.07. The first-order chi connectivity index (χ1) is 25.2. The summed E-state index contributed by atoms with van der Waals surface area (Å²) in [5.41, 5.74) is -0.929. The molecule has 3 amide bonds. The lowest BCUT2D eigenvalue weighted by Gasteiger charge is -2.38. The monoisotopic (exact) mass is 743 g/mol. The minimum atomic E-state index is -4.79. The molecule has 2 N–H and O–H groups in total. The van der Waals surface area contributed by atoms with Gasteiger partial charge in [0.25, 0.3) is 17.7 Å². The van der Waals surface area contributed by atoms with E-state index in [0.29, 0.717) is 11.8 Å². The van der Waals surface area contributed by atoms with Crippen LogP contribution in [0.4, 0.5) is 46.8 Å². The van der Waals surface area contributed by atoms with Gasteiger partial charge >= 0.3 is 6.18 Å². The smallest absolute Gasteiger partial charge is 0.416 e. The SMILES string of the molecule is CCN1C(=O)[C@@H](NC(=O)c2cccc(C(F)(F)F)c2)[C@@H](c2ccc(F)cc2)c2c(NC(=O)COc3c(F)c(F)cc(F)c3F)nn(-c3ccccc3)c21. The Hall–Kier alpha value is -6.26. The molecule has 9 nitrogen and oxygen atoms in total. The molecule has 0 radical (unpaired) electrons. The summed E-state index contributed by atoms with van der Waals surface area (Å²) in [6.07, 6.45) is -4.79. The summed E-state index contributed by atoms with van der Waals surface area (Å²) in [7, 11) is 0. The number of halogens is 8. The number of aromatic nitrogens is 2. The van der Waals surface area contributed by atoms with Gasteiger partial charge in [-0.05, 0) is 55.0 Å². The van der Waals surface area contributed by atoms with E-state index in [4.69, 9.17) is 4.74 Å². The number of likely N-dealkylation sites (N-methyl/N-ethyl adjacent to an activating group) is 1. The van der Waals surface area contributed by atoms with Gasteiger partial charge in [0.2, 0.25) is 11.6 Å². The standard InChI is InChI=1S/C36H25F8N5O4/c1-2-48-34-27(26(18-11-13-21(37)14-12-18)30(35(48)52)46-33(51)19-7-6-8-20(15-19)36(42,43)44)32(47-49(34)22-9-4-3-5-10-22)45-25(50)17-53-31-28(40)23(38)16-24(39)29(31)41/h3-16,26,30H,2,17H2,1H3,(H,46,51)(H,45,47,50)/t26-,30-/m0/s1. The first-order valence-corrected chi connectivity index (χ1v) is 15.7. The molecule has 0 spiro atoms. The third-order valence-electron chi connectivity index (χ3n) is 8.29. The molecular formula is C36H25F8N5O4. The van der Waals surface area contributed by atoms with Gasteiger partial charge in [-0.2, -0.15) is 22.0 Å². The van der Waals surface area contributed by atoms with Gasteiger partial charge < -0.3 is 15.4 Å². The third kappa shape index (κ3) is 7.14. The number of hydrogen-bond donors (Lipinski definition) is 2. The fraction of sp³-hybridized carbons (Fsp3) is 0.167. The number of alkyl halides is 3. The number of ether oxygens (including phenoxy) is 1. The normalized spacial score (nSPS) is 15.6. The largest absolute Gasteiger partial charge is 0.477 e. The number of carbonyl (C=O) groups excluding carboxylic acids is 3. The Kier molecular flexibility index (Phi) is 9.92. The average Bonchev–Trinajstić information content (AvgIpc) is 3.49. The van der Waals surface area contributed by atoms with Gasteiger partial charge in [0.15, 0.2) is 29.8 Å². The van der Waals surface area contributed by atoms with E-state index in [-0.39, 0.29) is 35.4 Å². The van der Waals surface area contributed by atoms with Gasteiger partial charge in [0, 0.05) is 29.7 Å². The second kappa shape index (κ2) is 14.4. The van der Waals surface area contributed by atoms with Crippen LogP contribution in [0.3, 0.4) is 0 Å². The summed E-state index contributed by atoms with van der Waals surface area (Å²) in [5, 5.41) is 9.44. The summed E-state index contributed by atoms with van der Waals surface area (Å²) in [6.45, 7) is 0.328. The highest BCUT2D eigenvalue weighted by atomic mass is 19.4. The Balaban J connectivity index is 1.47. The molecule has 53 heavy (non-hydrogen) atoms. The van der Waals surface area contributed by atoms with E-state index in [1.807, 2.05) is 0 Å². The van der Waals surface area contributed by atoms with Crippen molar-refractivity contribution in [3.63, 3.8) is 0 Å². The van der Waals surface area contributed by atoms with E-state index in [9.17, 15) is 49.5 Å². The molecule has 1 aliphatic rings. The van der Waals surface area contributed by atoms with E-state index in [0.717, 1.165) is 30.3 Å². The van der Waals surface area contributed by atoms with E-state index in [1.165, 1.54) is 21.7 Å². The van der Waals surface area contributed by atoms with Crippen molar-refractivity contribution in [1.29, 1.82) is 0 Å². The number of nitrogens with zero attached hydrogens (tertiary/aromatic N) is 3. The number of benzene rings is 4. The number of rotatable bonds is 9. The van der Waals surface area contributed by atoms with Crippen LogP contribution in [0.2, 0.25) is 0 Å². The van der Waals surface area contributed by atoms with E-state index in [2.05, 4.69) is 15.7 Å². The summed E-state index contributed by atoms with van der Waals surface area (Å²) in [6, 6.07) is 14.8. The molecule has 6 rings (SSSR count). The second-order valence-corrected chi connectivity index (χ2v) is 11.6. The maximum absolute atomic E-state index is 14.3. The highest BCUT2D eigenvalue weighted by Gasteiger charge is 2.47. The lowest BCUT2D eigenvalue weighted by atomic mass is 9.81. The summed E-state index contributed by atoms with van der Waals surface area (Å²) in [4.78, 5) is 42.4. The van der Waals surface area contributed by atoms with Crippen LogP contribution in [-0.4, -0.2) is 46.7 Å². The predicted octanol–water partition coefficient (Wildman–Crippen LogP) is 6.90. The zero-order valence-electron chi connectivity index (χ0n) is 27.2. The maximum atomic E-state index is 14.3. The molecule has 274 valence electrons. The van der Waals surface area contributed by atoms with Gasteiger partial charge in [-0.3, -0.25) is 19.3 Å². The van der Waals surface area contributed by atoms with Crippen LogP contribution < -0.4 is 20.3 Å². The first kappa shape index (κ1) is 36.5. The van der Waals surface area contributed by atoms with Crippen LogP contribution in [0, 0.1) is 29.1 Å². The number of carbonyl (C=O) groups is 3. The van der Waals surface area contributed by atoms with Crippen molar-refractivity contribution in [2.45, 2.75) is 25.1 Å². The van der Waals surface area contributed by atoms with Crippen LogP contribution in [-0.2, 0) is 15.8 Å². The Labute approximate surface area is 294 Å². The highest BCUT2D eigenvalue weighted by Crippen LogP contribution is 2.45. The number of amides is 3. The summed E-state index contributed by atoms with van der Waals surface area (Å²) in [5.74, 6) is -14.0. The maximum Gasteiger partial charge on any atom is 0.416 e. The second-order valence-electron chi connectivity index (χ2n) is 11.6. The molecule has 0 saturated heterocycles. The van der Waals surface area contributed by atoms with Crippen LogP contribution in [0.25, 0.3) is 5.69 Å². The van der Waals surface area contributed by atoms with Gasteiger partial charge in [0.1, 0.15) is 17.7 Å². The number of hydrogen-bond acceptors (Lipinski definition) is 5. The minimum absolute atomic E-state index is 0.0430. The molecule has 0 fully saturated rings. The van der Waals surface area contributed by atoms with Gasteiger partial charge in [-0.1, -0.05) is 36.4 Å². The molecule has 0 unspecified atom stereocenters. The number of nitrogens with one attached hydrogen (secondary N) is 2. The van der Waals surface area contributed by atoms with Crippen LogP contribution >= 0.6 is 0 Å². The van der Waals surface area contributed by atoms with Crippen molar-refractivity contribution in [3.8, 4) is 11.4 Å². The fourth-order valence-corrected chi connectivity index (χ4v) is 5.92. The van der Waals surface area contributed by atoms with Crippen LogP contribution in [0.5, 0.6) is 5.75 Å². The predicted molar refractivity (Wildman–Crippen MR) is 173 cm³/mol. The molecule has 2 atom stereocenters. The van der Waals surface area contributed by atoms with Crippen LogP contribution in [0.15, 0.2) is 84.9 Å². The van der Waals surface area contributed by atoms with Gasteiger partial charge in [-0.25, -0.2) is 17.9 Å². The molecule has 0 bridgehead atoms. The number of fused-ring (bicyclic) bond motifs is 1. The average molecular weight is 744 g/mol. The molecule has 5 aromatic rings. The van der Waals surface area contributed by atoms with E-state index in [1.54, 1.807) is 37.3 Å². The molecule has 1 aliphatic heterocycles. The van der Waals surface area contributed by atoms with E-state index >= 15 is 0 Å². The molecule has 17 heteroatoms. The lowest BCUT2D eigenvalue weighted by molar-refractivity contribution is -0.137. The fourth-order valence-electron chi connectivity index (χ4n) is 5.92. The number of para-hydroxylation sites is 1. The lowest BCUT2D eigenvalue weighted by Crippen LogP contribution is -2.55. The Morgan fingerprint density at radius 1 is 0.868 bits per heavy atom. The quantitative estimate of drug-likeness (QED) is 0.126. The van der Waals surface area contributed by atoms with Crippen molar-refractivity contribution in [1.82, 2.24) is 15.1 Å². The van der Waals surface area contributed by atoms with Gasteiger partial charge in [0.05, 0.1) is 11.3 Å².